The van der Waals surface area contributed by atoms with E-state index < -0.39 is 11.8 Å². The molecular formula is C11H11N3O2. The maximum absolute atomic E-state index is 11.4. The lowest BCUT2D eigenvalue weighted by Gasteiger charge is -2.13. The van der Waals surface area contributed by atoms with E-state index in [1.54, 1.807) is 18.2 Å². The number of benzene rings is 1. The van der Waals surface area contributed by atoms with Crippen molar-refractivity contribution in [1.29, 1.82) is 0 Å². The van der Waals surface area contributed by atoms with Gasteiger partial charge in [0.25, 0.3) is 11.8 Å². The Balaban J connectivity index is 2.43. The molecule has 1 heterocycles. The van der Waals surface area contributed by atoms with Gasteiger partial charge in [-0.2, -0.15) is 0 Å². The first-order valence-electron chi connectivity index (χ1n) is 4.99. The molecule has 0 saturated heterocycles. The van der Waals surface area contributed by atoms with E-state index in [4.69, 9.17) is 0 Å². The molecule has 16 heavy (non-hydrogen) atoms. The number of anilines is 1. The summed E-state index contributed by atoms with van der Waals surface area (Å²) >= 11 is 0. The third kappa shape index (κ3) is 1.84. The zero-order valence-corrected chi connectivity index (χ0v) is 9.02. The predicted octanol–water partition coefficient (Wildman–Crippen LogP) is 2.25. The van der Waals surface area contributed by atoms with Gasteiger partial charge in [-0.15, -0.1) is 10.2 Å². The third-order valence-electron chi connectivity index (χ3n) is 2.17. The quantitative estimate of drug-likeness (QED) is 0.825. The minimum Gasteiger partial charge on any atom is -0.383 e. The number of nitrogens with one attached hydrogen (secondary N) is 1. The summed E-state index contributed by atoms with van der Waals surface area (Å²) < 4.78 is 0. The highest BCUT2D eigenvalue weighted by Crippen LogP contribution is 2.21. The summed E-state index contributed by atoms with van der Waals surface area (Å²) in [6.07, 6.45) is 0. The van der Waals surface area contributed by atoms with Crippen molar-refractivity contribution in [2.45, 2.75) is 19.9 Å². The van der Waals surface area contributed by atoms with Crippen LogP contribution in [0.25, 0.3) is 0 Å². The van der Waals surface area contributed by atoms with Crippen molar-refractivity contribution in [2.24, 2.45) is 10.2 Å². The summed E-state index contributed by atoms with van der Waals surface area (Å²) in [6, 6.07) is 5.24. The molecule has 0 radical (unpaired) electrons. The average molecular weight is 217 g/mol. The molecule has 2 amide bonds. The van der Waals surface area contributed by atoms with Crippen molar-refractivity contribution in [1.82, 2.24) is 0 Å². The first-order valence-corrected chi connectivity index (χ1v) is 4.99. The van der Waals surface area contributed by atoms with Crippen LogP contribution in [0.2, 0.25) is 0 Å². The molecule has 0 bridgehead atoms. The van der Waals surface area contributed by atoms with Crippen molar-refractivity contribution >= 4 is 17.5 Å². The summed E-state index contributed by atoms with van der Waals surface area (Å²) in [4.78, 5) is 22.8. The standard InChI is InChI=1S/C11H11N3O2/c1-6(2)12-7-3-4-8-9(5-7)11(16)14-13-10(8)15/h3-6,12H,1-2H3. The Morgan fingerprint density at radius 3 is 2.31 bits per heavy atom. The van der Waals surface area contributed by atoms with Gasteiger partial charge in [0.15, 0.2) is 0 Å². The largest absolute Gasteiger partial charge is 0.383 e. The van der Waals surface area contributed by atoms with Gasteiger partial charge < -0.3 is 5.32 Å². The molecule has 1 aromatic carbocycles. The number of carbonyl (C=O) groups excluding carboxylic acids is 2. The van der Waals surface area contributed by atoms with Gasteiger partial charge in [0.2, 0.25) is 0 Å². The third-order valence-corrected chi connectivity index (χ3v) is 2.17. The van der Waals surface area contributed by atoms with Gasteiger partial charge in [-0.3, -0.25) is 9.59 Å². The minimum absolute atomic E-state index is 0.258. The number of hydrogen-bond donors (Lipinski definition) is 1. The van der Waals surface area contributed by atoms with Crippen molar-refractivity contribution in [3.63, 3.8) is 0 Å². The maximum atomic E-state index is 11.4. The lowest BCUT2D eigenvalue weighted by atomic mass is 10.0. The molecule has 0 atom stereocenters. The molecule has 1 aliphatic heterocycles. The SMILES string of the molecule is CC(C)Nc1ccc2c(c1)C(=O)N=NC2=O. The summed E-state index contributed by atoms with van der Waals surface area (Å²) in [7, 11) is 0. The molecule has 0 aromatic heterocycles. The van der Waals surface area contributed by atoms with Crippen LogP contribution < -0.4 is 5.32 Å². The molecular weight excluding hydrogens is 206 g/mol. The average Bonchev–Trinajstić information content (AvgIpc) is 2.23. The number of carbonyl (C=O) groups is 2. The van der Waals surface area contributed by atoms with E-state index in [2.05, 4.69) is 15.5 Å². The maximum Gasteiger partial charge on any atom is 0.296 e. The highest BCUT2D eigenvalue weighted by molar-refractivity contribution is 6.11. The number of azo groups is 1. The van der Waals surface area contributed by atoms with Gasteiger partial charge in [0.05, 0.1) is 11.1 Å². The predicted molar refractivity (Wildman–Crippen MR) is 58.7 cm³/mol. The van der Waals surface area contributed by atoms with Crippen LogP contribution in [0.5, 0.6) is 0 Å². The molecule has 82 valence electrons. The number of hydrogen-bond acceptors (Lipinski definition) is 3. The zero-order valence-electron chi connectivity index (χ0n) is 9.02. The van der Waals surface area contributed by atoms with Crippen molar-refractivity contribution < 1.29 is 9.59 Å². The second-order valence-electron chi connectivity index (χ2n) is 3.87. The van der Waals surface area contributed by atoms with Gasteiger partial charge in [0.1, 0.15) is 0 Å². The fourth-order valence-electron chi connectivity index (χ4n) is 1.53. The second-order valence-corrected chi connectivity index (χ2v) is 3.87. The van der Waals surface area contributed by atoms with E-state index in [0.717, 1.165) is 5.69 Å². The van der Waals surface area contributed by atoms with Gasteiger partial charge in [-0.25, -0.2) is 0 Å². The normalized spacial score (nSPS) is 14.2. The van der Waals surface area contributed by atoms with Crippen LogP contribution in [0, 0.1) is 0 Å². The molecule has 1 aliphatic rings. The number of nitrogens with zero attached hydrogens (tertiary/aromatic N) is 2. The first-order chi connectivity index (χ1) is 7.58. The number of amides is 2. The summed E-state index contributed by atoms with van der Waals surface area (Å²) in [5, 5.41) is 9.69. The van der Waals surface area contributed by atoms with E-state index >= 15 is 0 Å². The highest BCUT2D eigenvalue weighted by Gasteiger charge is 2.21. The van der Waals surface area contributed by atoms with Crippen LogP contribution in [-0.4, -0.2) is 17.9 Å². The Labute approximate surface area is 92.6 Å². The molecule has 5 nitrogen and oxygen atoms in total. The van der Waals surface area contributed by atoms with Crippen LogP contribution in [0.15, 0.2) is 28.4 Å². The summed E-state index contributed by atoms with van der Waals surface area (Å²) in [5.41, 5.74) is 1.42. The van der Waals surface area contributed by atoms with Gasteiger partial charge in [-0.1, -0.05) is 0 Å². The number of fused-ring (bicyclic) bond motifs is 1. The van der Waals surface area contributed by atoms with Crippen LogP contribution in [0.3, 0.4) is 0 Å². The van der Waals surface area contributed by atoms with Gasteiger partial charge in [0, 0.05) is 11.7 Å². The Morgan fingerprint density at radius 2 is 1.69 bits per heavy atom. The highest BCUT2D eigenvalue weighted by atomic mass is 16.2. The minimum atomic E-state index is -0.470. The van der Waals surface area contributed by atoms with Crippen LogP contribution in [-0.2, 0) is 0 Å². The topological polar surface area (TPSA) is 70.9 Å². The van der Waals surface area contributed by atoms with E-state index in [1.165, 1.54) is 0 Å². The van der Waals surface area contributed by atoms with Crippen LogP contribution in [0.1, 0.15) is 34.6 Å². The molecule has 0 fully saturated rings. The number of rotatable bonds is 2. The van der Waals surface area contributed by atoms with Crippen LogP contribution >= 0.6 is 0 Å². The van der Waals surface area contributed by atoms with E-state index in [0.29, 0.717) is 11.1 Å². The molecule has 5 heteroatoms. The molecule has 0 unspecified atom stereocenters. The van der Waals surface area contributed by atoms with Crippen molar-refractivity contribution in [3.8, 4) is 0 Å². The Hall–Kier alpha value is -2.04. The van der Waals surface area contributed by atoms with Crippen LogP contribution in [0.4, 0.5) is 5.69 Å². The molecule has 0 spiro atoms. The van der Waals surface area contributed by atoms with E-state index in [-0.39, 0.29) is 6.04 Å². The molecule has 2 rings (SSSR count). The molecule has 0 aliphatic carbocycles. The Morgan fingerprint density at radius 1 is 1.06 bits per heavy atom. The van der Waals surface area contributed by atoms with E-state index in [9.17, 15) is 9.59 Å². The lowest BCUT2D eigenvalue weighted by molar-refractivity contribution is 0.0921. The van der Waals surface area contributed by atoms with Gasteiger partial charge >= 0.3 is 0 Å². The van der Waals surface area contributed by atoms with Gasteiger partial charge in [-0.05, 0) is 32.0 Å². The fraction of sp³-hybridized carbons (Fsp3) is 0.273. The summed E-state index contributed by atoms with van der Waals surface area (Å²) in [6.45, 7) is 3.98. The fourth-order valence-corrected chi connectivity index (χ4v) is 1.53. The smallest absolute Gasteiger partial charge is 0.296 e. The molecule has 1 aromatic rings. The molecule has 0 saturated carbocycles. The first kappa shape index (κ1) is 10.5. The lowest BCUT2D eigenvalue weighted by Crippen LogP contribution is -2.14. The molecule has 1 N–H and O–H groups in total. The van der Waals surface area contributed by atoms with E-state index in [1.807, 2.05) is 13.8 Å². The zero-order chi connectivity index (χ0) is 11.7. The van der Waals surface area contributed by atoms with Crippen molar-refractivity contribution in [3.05, 3.63) is 29.3 Å². The monoisotopic (exact) mass is 217 g/mol. The Kier molecular flexibility index (Phi) is 2.52. The summed E-state index contributed by atoms with van der Waals surface area (Å²) in [5.74, 6) is -0.937. The Bertz CT molecular complexity index is 492. The van der Waals surface area contributed by atoms with Crippen molar-refractivity contribution in [2.75, 3.05) is 5.32 Å². The second kappa shape index (κ2) is 3.84.